The molecule has 1 aromatic carbocycles. The molecule has 1 heterocycles. The predicted molar refractivity (Wildman–Crippen MR) is 77.2 cm³/mol. The van der Waals surface area contributed by atoms with Gasteiger partial charge < -0.3 is 16.0 Å². The molecule has 0 aromatic heterocycles. The zero-order chi connectivity index (χ0) is 13.3. The number of anilines is 2. The first-order valence-electron chi connectivity index (χ1n) is 6.17. The summed E-state index contributed by atoms with van der Waals surface area (Å²) in [5.74, 6) is 0.224. The summed E-state index contributed by atoms with van der Waals surface area (Å²) in [7, 11) is 2.13. The van der Waals surface area contributed by atoms with Gasteiger partial charge in [0.1, 0.15) is 5.82 Å². The Kier molecular flexibility index (Phi) is 4.12. The Morgan fingerprint density at radius 1 is 1.50 bits per heavy atom. The number of nitrogen functional groups attached to an aromatic ring is 1. The van der Waals surface area contributed by atoms with E-state index in [2.05, 4.69) is 40.1 Å². The Morgan fingerprint density at radius 3 is 2.89 bits per heavy atom. The summed E-state index contributed by atoms with van der Waals surface area (Å²) >= 11 is 3.19. The molecule has 0 radical (unpaired) electrons. The van der Waals surface area contributed by atoms with Crippen LogP contribution in [0.25, 0.3) is 0 Å². The maximum absolute atomic E-state index is 13.3. The Morgan fingerprint density at radius 2 is 2.22 bits per heavy atom. The van der Waals surface area contributed by atoms with Gasteiger partial charge in [0.05, 0.1) is 15.8 Å². The van der Waals surface area contributed by atoms with Crippen molar-refractivity contribution in [2.24, 2.45) is 5.92 Å². The van der Waals surface area contributed by atoms with E-state index in [1.165, 1.54) is 6.07 Å². The van der Waals surface area contributed by atoms with Crippen molar-refractivity contribution in [3.8, 4) is 0 Å². The molecule has 1 saturated heterocycles. The summed E-state index contributed by atoms with van der Waals surface area (Å²) in [5, 5.41) is 3.44. The molecule has 1 aliphatic heterocycles. The number of benzene rings is 1. The molecule has 2 unspecified atom stereocenters. The third-order valence-electron chi connectivity index (χ3n) is 3.54. The van der Waals surface area contributed by atoms with E-state index in [4.69, 9.17) is 5.73 Å². The van der Waals surface area contributed by atoms with E-state index >= 15 is 0 Å². The van der Waals surface area contributed by atoms with Gasteiger partial charge in [-0.1, -0.05) is 6.92 Å². The second-order valence-corrected chi connectivity index (χ2v) is 5.99. The Hall–Kier alpha value is -0.810. The molecule has 18 heavy (non-hydrogen) atoms. The number of nitrogens with one attached hydrogen (secondary N) is 1. The standard InChI is InChI=1S/C13H19BrFN3/c1-8-7-18(2)4-3-12(8)17-13-5-9(14)10(15)6-11(13)16/h5-6,8,12,17H,3-4,7,16H2,1-2H3. The minimum Gasteiger partial charge on any atom is -0.397 e. The van der Waals surface area contributed by atoms with E-state index in [9.17, 15) is 4.39 Å². The fraction of sp³-hybridized carbons (Fsp3) is 0.538. The highest BCUT2D eigenvalue weighted by atomic mass is 79.9. The lowest BCUT2D eigenvalue weighted by Crippen LogP contribution is -2.43. The molecule has 1 fully saturated rings. The first-order valence-corrected chi connectivity index (χ1v) is 6.96. The van der Waals surface area contributed by atoms with Crippen LogP contribution in [0.15, 0.2) is 16.6 Å². The van der Waals surface area contributed by atoms with Crippen molar-refractivity contribution in [3.63, 3.8) is 0 Å². The van der Waals surface area contributed by atoms with Crippen molar-refractivity contribution in [1.29, 1.82) is 0 Å². The van der Waals surface area contributed by atoms with Crippen LogP contribution in [-0.4, -0.2) is 31.1 Å². The molecule has 1 aliphatic rings. The van der Waals surface area contributed by atoms with Crippen LogP contribution < -0.4 is 11.1 Å². The second kappa shape index (κ2) is 5.45. The number of nitrogens with zero attached hydrogens (tertiary/aromatic N) is 1. The number of likely N-dealkylation sites (tertiary alicyclic amines) is 1. The quantitative estimate of drug-likeness (QED) is 0.824. The normalized spacial score (nSPS) is 25.1. The number of hydrogen-bond acceptors (Lipinski definition) is 3. The summed E-state index contributed by atoms with van der Waals surface area (Å²) in [5.41, 5.74) is 7.12. The molecule has 0 aliphatic carbocycles. The van der Waals surface area contributed by atoms with Crippen molar-refractivity contribution >= 4 is 27.3 Å². The SMILES string of the molecule is CC1CN(C)CCC1Nc1cc(Br)c(F)cc1N. The fourth-order valence-corrected chi connectivity index (χ4v) is 2.80. The highest BCUT2D eigenvalue weighted by Gasteiger charge is 2.24. The van der Waals surface area contributed by atoms with Crippen molar-refractivity contribution in [2.75, 3.05) is 31.2 Å². The second-order valence-electron chi connectivity index (χ2n) is 5.13. The van der Waals surface area contributed by atoms with Gasteiger partial charge in [0.2, 0.25) is 0 Å². The van der Waals surface area contributed by atoms with Crippen LogP contribution in [0.3, 0.4) is 0 Å². The summed E-state index contributed by atoms with van der Waals surface area (Å²) in [6.45, 7) is 4.37. The molecule has 3 nitrogen and oxygen atoms in total. The summed E-state index contributed by atoms with van der Waals surface area (Å²) in [4.78, 5) is 2.33. The zero-order valence-electron chi connectivity index (χ0n) is 10.7. The minimum absolute atomic E-state index is 0.325. The van der Waals surface area contributed by atoms with Crippen molar-refractivity contribution < 1.29 is 4.39 Å². The molecular weight excluding hydrogens is 297 g/mol. The van der Waals surface area contributed by atoms with Gasteiger partial charge in [-0.25, -0.2) is 4.39 Å². The van der Waals surface area contributed by atoms with Gasteiger partial charge in [-0.15, -0.1) is 0 Å². The molecule has 100 valence electrons. The van der Waals surface area contributed by atoms with E-state index < -0.39 is 0 Å². The number of nitrogens with two attached hydrogens (primary N) is 1. The van der Waals surface area contributed by atoms with Crippen LogP contribution in [0.4, 0.5) is 15.8 Å². The van der Waals surface area contributed by atoms with Gasteiger partial charge >= 0.3 is 0 Å². The van der Waals surface area contributed by atoms with Gasteiger partial charge in [0, 0.05) is 18.7 Å². The first kappa shape index (κ1) is 13.6. The highest BCUT2D eigenvalue weighted by molar-refractivity contribution is 9.10. The molecule has 5 heteroatoms. The van der Waals surface area contributed by atoms with E-state index in [0.717, 1.165) is 25.2 Å². The third-order valence-corrected chi connectivity index (χ3v) is 4.15. The van der Waals surface area contributed by atoms with E-state index in [0.29, 0.717) is 22.1 Å². The molecule has 2 atom stereocenters. The maximum Gasteiger partial charge on any atom is 0.139 e. The summed E-state index contributed by atoms with van der Waals surface area (Å²) in [6.07, 6.45) is 1.08. The molecule has 1 aromatic rings. The van der Waals surface area contributed by atoms with E-state index in [-0.39, 0.29) is 5.82 Å². The zero-order valence-corrected chi connectivity index (χ0v) is 12.3. The molecule has 0 saturated carbocycles. The van der Waals surface area contributed by atoms with Crippen LogP contribution in [0.2, 0.25) is 0 Å². The van der Waals surface area contributed by atoms with E-state index in [1.54, 1.807) is 6.07 Å². The van der Waals surface area contributed by atoms with Gasteiger partial charge in [-0.3, -0.25) is 0 Å². The summed E-state index contributed by atoms with van der Waals surface area (Å²) < 4.78 is 13.7. The highest BCUT2D eigenvalue weighted by Crippen LogP contribution is 2.29. The molecule has 0 bridgehead atoms. The van der Waals surface area contributed by atoms with Crippen LogP contribution >= 0.6 is 15.9 Å². The molecule has 2 rings (SSSR count). The van der Waals surface area contributed by atoms with Crippen molar-refractivity contribution in [2.45, 2.75) is 19.4 Å². The Labute approximate surface area is 116 Å². The monoisotopic (exact) mass is 315 g/mol. The van der Waals surface area contributed by atoms with Gasteiger partial charge in [-0.2, -0.15) is 0 Å². The van der Waals surface area contributed by atoms with Crippen LogP contribution in [0.1, 0.15) is 13.3 Å². The Bertz CT molecular complexity index is 438. The van der Waals surface area contributed by atoms with Crippen LogP contribution in [0.5, 0.6) is 0 Å². The maximum atomic E-state index is 13.3. The number of halogens is 2. The van der Waals surface area contributed by atoms with Gasteiger partial charge in [0.25, 0.3) is 0 Å². The lowest BCUT2D eigenvalue weighted by Gasteiger charge is -2.36. The van der Waals surface area contributed by atoms with Crippen molar-refractivity contribution in [3.05, 3.63) is 22.4 Å². The molecule has 0 spiro atoms. The van der Waals surface area contributed by atoms with Crippen LogP contribution in [-0.2, 0) is 0 Å². The number of piperidine rings is 1. The Balaban J connectivity index is 2.12. The number of hydrogen-bond donors (Lipinski definition) is 2. The first-order chi connectivity index (χ1) is 8.47. The van der Waals surface area contributed by atoms with Crippen LogP contribution in [0, 0.1) is 11.7 Å². The largest absolute Gasteiger partial charge is 0.397 e. The minimum atomic E-state index is -0.325. The number of rotatable bonds is 2. The van der Waals surface area contributed by atoms with Gasteiger partial charge in [0.15, 0.2) is 0 Å². The fourth-order valence-electron chi connectivity index (χ4n) is 2.46. The molecule has 0 amide bonds. The van der Waals surface area contributed by atoms with Gasteiger partial charge in [-0.05, 0) is 47.9 Å². The average Bonchev–Trinajstić information content (AvgIpc) is 2.29. The predicted octanol–water partition coefficient (Wildman–Crippen LogP) is 2.92. The molecule has 3 N–H and O–H groups in total. The summed E-state index contributed by atoms with van der Waals surface area (Å²) in [6, 6.07) is 3.46. The third kappa shape index (κ3) is 2.95. The molecular formula is C13H19BrFN3. The smallest absolute Gasteiger partial charge is 0.139 e. The average molecular weight is 316 g/mol. The van der Waals surface area contributed by atoms with Crippen molar-refractivity contribution in [1.82, 2.24) is 4.90 Å². The topological polar surface area (TPSA) is 41.3 Å². The van der Waals surface area contributed by atoms with E-state index in [1.807, 2.05) is 0 Å². The lowest BCUT2D eigenvalue weighted by atomic mass is 9.94. The lowest BCUT2D eigenvalue weighted by molar-refractivity contribution is 0.206.